The topological polar surface area (TPSA) is 49.9 Å². The van der Waals surface area contributed by atoms with Crippen LogP contribution in [0.3, 0.4) is 0 Å². The van der Waals surface area contributed by atoms with E-state index in [2.05, 4.69) is 12.1 Å². The molecule has 1 aliphatic rings. The number of halogens is 1. The van der Waals surface area contributed by atoms with E-state index in [0.29, 0.717) is 13.2 Å². The lowest BCUT2D eigenvalue weighted by molar-refractivity contribution is -0.136. The summed E-state index contributed by atoms with van der Waals surface area (Å²) in [4.78, 5) is 31.6. The van der Waals surface area contributed by atoms with Gasteiger partial charge in [-0.1, -0.05) is 29.8 Å². The predicted molar refractivity (Wildman–Crippen MR) is 141 cm³/mol. The zero-order valence-electron chi connectivity index (χ0n) is 21.5. The lowest BCUT2D eigenvalue weighted by Crippen LogP contribution is -2.53. The highest BCUT2D eigenvalue weighted by Crippen LogP contribution is 2.35. The highest BCUT2D eigenvalue weighted by Gasteiger charge is 2.36. The van der Waals surface area contributed by atoms with Crippen LogP contribution in [0.4, 0.5) is 4.39 Å². The molecule has 190 valence electrons. The van der Waals surface area contributed by atoms with E-state index in [1.807, 2.05) is 57.0 Å². The van der Waals surface area contributed by atoms with Crippen molar-refractivity contribution in [1.29, 1.82) is 0 Å². The Bertz CT molecular complexity index is 1260. The maximum absolute atomic E-state index is 14.4. The molecule has 0 radical (unpaired) electrons. The Morgan fingerprint density at radius 3 is 2.58 bits per heavy atom. The molecule has 1 aromatic heterocycles. The van der Waals surface area contributed by atoms with Crippen molar-refractivity contribution in [3.63, 3.8) is 0 Å². The maximum Gasteiger partial charge on any atom is 0.257 e. The molecule has 2 amide bonds. The van der Waals surface area contributed by atoms with Gasteiger partial charge in [0.25, 0.3) is 5.91 Å². The Kier molecular flexibility index (Phi) is 7.50. The molecule has 36 heavy (non-hydrogen) atoms. The molecule has 0 unspecified atom stereocenters. The summed E-state index contributed by atoms with van der Waals surface area (Å²) >= 11 is 1.69. The molecule has 0 aliphatic carbocycles. The van der Waals surface area contributed by atoms with Gasteiger partial charge in [0.05, 0.1) is 11.6 Å². The lowest BCUT2D eigenvalue weighted by Gasteiger charge is -2.40. The Morgan fingerprint density at radius 1 is 1.14 bits per heavy atom. The van der Waals surface area contributed by atoms with Crippen LogP contribution in [0.5, 0.6) is 5.75 Å². The van der Waals surface area contributed by atoms with Crippen molar-refractivity contribution >= 4 is 23.2 Å². The summed E-state index contributed by atoms with van der Waals surface area (Å²) in [5, 5.41) is 2.05. The number of rotatable bonds is 6. The van der Waals surface area contributed by atoms with E-state index in [0.717, 1.165) is 28.9 Å². The van der Waals surface area contributed by atoms with Gasteiger partial charge in [-0.15, -0.1) is 11.3 Å². The first-order chi connectivity index (χ1) is 17.1. The number of carbonyl (C=O) groups is 2. The van der Waals surface area contributed by atoms with Gasteiger partial charge in [0.1, 0.15) is 24.7 Å². The summed E-state index contributed by atoms with van der Waals surface area (Å²) in [6.45, 7) is 10.3. The standard InChI is InChI=1S/C29H33FN2O3S/c1-19-10-11-25(20(2)16-19)35-18-24-22-13-15-36-26(22)12-14-31(24)27(33)17-32(29(3,4)5)28(34)21-8-6-7-9-23(21)30/h6-11,13,15-16,24H,12,14,17-18H2,1-5H3/t24-/m1/s1. The van der Waals surface area contributed by atoms with Crippen molar-refractivity contribution in [2.24, 2.45) is 0 Å². The van der Waals surface area contributed by atoms with E-state index in [4.69, 9.17) is 4.74 Å². The van der Waals surface area contributed by atoms with Crippen molar-refractivity contribution in [2.75, 3.05) is 19.7 Å². The number of nitrogens with zero attached hydrogens (tertiary/aromatic N) is 2. The molecule has 0 saturated heterocycles. The van der Waals surface area contributed by atoms with Crippen molar-refractivity contribution in [3.05, 3.63) is 86.9 Å². The van der Waals surface area contributed by atoms with Crippen LogP contribution in [-0.4, -0.2) is 46.8 Å². The molecule has 4 rings (SSSR count). The minimum absolute atomic E-state index is 0.0336. The monoisotopic (exact) mass is 508 g/mol. The van der Waals surface area contributed by atoms with Crippen LogP contribution in [0, 0.1) is 19.7 Å². The van der Waals surface area contributed by atoms with Gasteiger partial charge in [-0.25, -0.2) is 4.39 Å². The van der Waals surface area contributed by atoms with Gasteiger partial charge in [-0.2, -0.15) is 0 Å². The molecule has 5 nitrogen and oxygen atoms in total. The molecule has 1 atom stereocenters. The molecule has 2 aromatic carbocycles. The lowest BCUT2D eigenvalue weighted by atomic mass is 9.99. The van der Waals surface area contributed by atoms with Gasteiger partial charge in [-0.3, -0.25) is 9.59 Å². The first-order valence-corrected chi connectivity index (χ1v) is 13.1. The van der Waals surface area contributed by atoms with Gasteiger partial charge in [0.2, 0.25) is 5.91 Å². The fourth-order valence-electron chi connectivity index (χ4n) is 4.62. The van der Waals surface area contributed by atoms with Crippen molar-refractivity contribution in [1.82, 2.24) is 9.80 Å². The summed E-state index contributed by atoms with van der Waals surface area (Å²) < 4.78 is 20.7. The smallest absolute Gasteiger partial charge is 0.257 e. The highest BCUT2D eigenvalue weighted by atomic mass is 32.1. The normalized spacial score (nSPS) is 15.4. The van der Waals surface area contributed by atoms with E-state index in [9.17, 15) is 14.0 Å². The van der Waals surface area contributed by atoms with Crippen molar-refractivity contribution in [3.8, 4) is 5.75 Å². The van der Waals surface area contributed by atoms with E-state index < -0.39 is 17.3 Å². The molecule has 0 spiro atoms. The van der Waals surface area contributed by atoms with Crippen LogP contribution < -0.4 is 4.74 Å². The first-order valence-electron chi connectivity index (χ1n) is 12.2. The summed E-state index contributed by atoms with van der Waals surface area (Å²) in [6.07, 6.45) is 0.760. The Morgan fingerprint density at radius 2 is 1.89 bits per heavy atom. The molecule has 3 aromatic rings. The average Bonchev–Trinajstić information content (AvgIpc) is 3.30. The quantitative estimate of drug-likeness (QED) is 0.413. The van der Waals surface area contributed by atoms with E-state index in [-0.39, 0.29) is 24.1 Å². The van der Waals surface area contributed by atoms with Crippen molar-refractivity contribution in [2.45, 2.75) is 52.6 Å². The number of carbonyl (C=O) groups excluding carboxylic acids is 2. The Balaban J connectivity index is 1.58. The fraction of sp³-hybridized carbons (Fsp3) is 0.379. The third-order valence-corrected chi connectivity index (χ3v) is 7.59. The van der Waals surface area contributed by atoms with Crippen LogP contribution in [0.25, 0.3) is 0 Å². The third kappa shape index (κ3) is 5.46. The summed E-state index contributed by atoms with van der Waals surface area (Å²) in [7, 11) is 0. The van der Waals surface area contributed by atoms with Gasteiger partial charge in [0.15, 0.2) is 0 Å². The van der Waals surface area contributed by atoms with Crippen LogP contribution in [-0.2, 0) is 11.2 Å². The number of amides is 2. The largest absolute Gasteiger partial charge is 0.491 e. The van der Waals surface area contributed by atoms with Crippen LogP contribution >= 0.6 is 11.3 Å². The first kappa shape index (κ1) is 25.9. The summed E-state index contributed by atoms with van der Waals surface area (Å²) in [5.74, 6) is -0.475. The second kappa shape index (κ2) is 10.4. The average molecular weight is 509 g/mol. The van der Waals surface area contributed by atoms with Crippen LogP contribution in [0.1, 0.15) is 58.7 Å². The van der Waals surface area contributed by atoms with Gasteiger partial charge in [-0.05, 0) is 81.8 Å². The molecule has 7 heteroatoms. The second-order valence-corrected chi connectivity index (χ2v) is 11.3. The third-order valence-electron chi connectivity index (χ3n) is 6.59. The molecule has 0 saturated carbocycles. The molecule has 2 heterocycles. The van der Waals surface area contributed by atoms with E-state index in [1.54, 1.807) is 23.5 Å². The summed E-state index contributed by atoms with van der Waals surface area (Å²) in [5.41, 5.74) is 2.59. The van der Waals surface area contributed by atoms with Crippen LogP contribution in [0.2, 0.25) is 0 Å². The Hall–Kier alpha value is -3.19. The minimum atomic E-state index is -0.677. The maximum atomic E-state index is 14.4. The fourth-order valence-corrected chi connectivity index (χ4v) is 5.55. The van der Waals surface area contributed by atoms with E-state index in [1.165, 1.54) is 21.9 Å². The summed E-state index contributed by atoms with van der Waals surface area (Å²) in [6, 6.07) is 13.7. The van der Waals surface area contributed by atoms with E-state index >= 15 is 0 Å². The van der Waals surface area contributed by atoms with Gasteiger partial charge >= 0.3 is 0 Å². The highest BCUT2D eigenvalue weighted by molar-refractivity contribution is 7.10. The number of fused-ring (bicyclic) bond motifs is 1. The molecule has 0 N–H and O–H groups in total. The number of hydrogen-bond acceptors (Lipinski definition) is 4. The number of benzene rings is 2. The van der Waals surface area contributed by atoms with Gasteiger partial charge in [0, 0.05) is 17.0 Å². The SMILES string of the molecule is Cc1ccc(OC[C@@H]2c3ccsc3CCN2C(=O)CN(C(=O)c2ccccc2F)C(C)(C)C)c(C)c1. The Labute approximate surface area is 216 Å². The van der Waals surface area contributed by atoms with Crippen LogP contribution in [0.15, 0.2) is 53.9 Å². The predicted octanol–water partition coefficient (Wildman–Crippen LogP) is 5.95. The number of thiophene rings is 1. The van der Waals surface area contributed by atoms with Gasteiger partial charge < -0.3 is 14.5 Å². The molecule has 0 fully saturated rings. The number of hydrogen-bond donors (Lipinski definition) is 0. The molecule has 1 aliphatic heterocycles. The number of ether oxygens (including phenoxy) is 1. The second-order valence-electron chi connectivity index (χ2n) is 10.3. The zero-order valence-corrected chi connectivity index (χ0v) is 22.3. The van der Waals surface area contributed by atoms with Crippen molar-refractivity contribution < 1.29 is 18.7 Å². The zero-order chi connectivity index (χ0) is 26.0. The number of aryl methyl sites for hydroxylation is 2. The minimum Gasteiger partial charge on any atom is -0.491 e. The molecular formula is C29H33FN2O3S. The molecular weight excluding hydrogens is 475 g/mol. The molecule has 0 bridgehead atoms.